The van der Waals surface area contributed by atoms with Gasteiger partial charge in [-0.2, -0.15) is 13.0 Å². The number of nitrogens with zero attached hydrogens (tertiary/aromatic N) is 5. The minimum atomic E-state index is -1.43. The van der Waals surface area contributed by atoms with E-state index >= 15 is 0 Å². The van der Waals surface area contributed by atoms with Crippen LogP contribution in [0, 0.1) is 0 Å². The molecule has 18 rings (SSSR count). The van der Waals surface area contributed by atoms with Crippen molar-refractivity contribution in [3.05, 3.63) is 312 Å². The van der Waals surface area contributed by atoms with Gasteiger partial charge in [0, 0.05) is 168 Å². The van der Waals surface area contributed by atoms with Crippen LogP contribution in [0.25, 0.3) is 22.3 Å². The second-order valence-electron chi connectivity index (χ2n) is 33.4. The van der Waals surface area contributed by atoms with Crippen molar-refractivity contribution < 1.29 is 85.8 Å². The Morgan fingerprint density at radius 2 is 0.596 bits per heavy atom. The Kier molecular flexibility index (Phi) is 56.8. The van der Waals surface area contributed by atoms with Gasteiger partial charge in [0.2, 0.25) is 0 Å². The van der Waals surface area contributed by atoms with Gasteiger partial charge < -0.3 is 69.0 Å². The molecule has 0 unspecified atom stereocenters. The fraction of sp³-hybridized carbons (Fsp3) is 0.396. The van der Waals surface area contributed by atoms with Crippen molar-refractivity contribution in [2.75, 3.05) is 73.7 Å². The average molecular weight is 2000 g/mol. The minimum Gasteiger partial charge on any atom is -0.482 e. The first-order valence-corrected chi connectivity index (χ1v) is 44.8. The van der Waals surface area contributed by atoms with Crippen LogP contribution in [0.5, 0.6) is 23.0 Å². The molecule has 25 nitrogen and oxygen atoms in total. The molecule has 7 aromatic carbocycles. The van der Waals surface area contributed by atoms with Gasteiger partial charge in [-0.1, -0.05) is 224 Å². The number of carbonyl (C=O) groups excluding carboxylic acids is 2. The fourth-order valence-electron chi connectivity index (χ4n) is 15.8. The van der Waals surface area contributed by atoms with Gasteiger partial charge in [-0.3, -0.25) is 15.0 Å². The Bertz CT molecular complexity index is 5400. The molecule has 0 atom stereocenters. The highest BCUT2D eigenvalue weighted by atomic mass is 32.2. The van der Waals surface area contributed by atoms with E-state index in [0.717, 1.165) is 165 Å². The molecular weight excluding hydrogens is 1840 g/mol. The van der Waals surface area contributed by atoms with Crippen molar-refractivity contribution in [3.63, 3.8) is 0 Å². The van der Waals surface area contributed by atoms with Gasteiger partial charge in [0.1, 0.15) is 56.6 Å². The highest BCUT2D eigenvalue weighted by Gasteiger charge is 2.44. The van der Waals surface area contributed by atoms with Crippen LogP contribution >= 0.6 is 36.1 Å². The number of likely N-dealkylation sites (tertiary alicyclic amines) is 2. The summed E-state index contributed by atoms with van der Waals surface area (Å²) in [5.41, 5.74) is 12.4. The number of rotatable bonds is 15. The first-order valence-electron chi connectivity index (χ1n) is 42.6. The van der Waals surface area contributed by atoms with Gasteiger partial charge in [0.25, 0.3) is 0 Å². The Hall–Kier alpha value is -10.6. The average Bonchev–Trinajstić information content (AvgIpc) is 0.768. The van der Waals surface area contributed by atoms with Crippen molar-refractivity contribution in [2.24, 2.45) is 0 Å². The Balaban J connectivity index is 0.00000169. The Morgan fingerprint density at radius 1 is 0.333 bits per heavy atom. The van der Waals surface area contributed by atoms with Gasteiger partial charge in [0.15, 0.2) is 0 Å². The summed E-state index contributed by atoms with van der Waals surface area (Å²) in [5, 5.41) is 41.5. The van der Waals surface area contributed by atoms with Gasteiger partial charge in [-0.25, -0.2) is 24.3 Å². The third-order valence-electron chi connectivity index (χ3n) is 22.0. The van der Waals surface area contributed by atoms with Crippen LogP contribution in [0.3, 0.4) is 0 Å². The molecule has 0 saturated carbocycles. The molecule has 4 spiro atoms. The zero-order valence-electron chi connectivity index (χ0n) is 73.3. The number of amides is 2. The van der Waals surface area contributed by atoms with Gasteiger partial charge in [-0.15, -0.1) is 0 Å². The quantitative estimate of drug-likeness (QED) is 0.0240. The molecule has 0 radical (unpaired) electrons. The number of hydrogen-bond acceptors (Lipinski definition) is 26. The molecular formula is C111H161B2N7O18S3. The first-order chi connectivity index (χ1) is 61.8. The number of nitrogens with one attached hydrogen (secondary N) is 2. The second-order valence-corrected chi connectivity index (χ2v) is 35.7. The molecule has 10 aromatic rings. The monoisotopic (exact) mass is 2000 g/mol. The van der Waals surface area contributed by atoms with E-state index in [1.807, 2.05) is 145 Å². The molecule has 11 heterocycles. The normalized spacial score (nSPS) is 15.2. The highest BCUT2D eigenvalue weighted by Crippen LogP contribution is 2.48. The van der Waals surface area contributed by atoms with Crippen molar-refractivity contribution in [1.82, 2.24) is 35.4 Å². The molecule has 772 valence electrons. The Morgan fingerprint density at radius 3 is 0.844 bits per heavy atom. The number of pyridine rings is 3. The lowest BCUT2D eigenvalue weighted by Crippen LogP contribution is -2.50. The van der Waals surface area contributed by atoms with Crippen molar-refractivity contribution in [1.29, 1.82) is 0 Å². The van der Waals surface area contributed by atoms with E-state index in [1.54, 1.807) is 58.6 Å². The van der Waals surface area contributed by atoms with Gasteiger partial charge in [0.05, 0.1) is 57.5 Å². The lowest BCUT2D eigenvalue weighted by atomic mass is 9.81. The van der Waals surface area contributed by atoms with Crippen LogP contribution in [0.1, 0.15) is 234 Å². The van der Waals surface area contributed by atoms with Crippen LogP contribution in [-0.2, 0) is 37.1 Å². The zero-order valence-corrected chi connectivity index (χ0v) is 75.8. The van der Waals surface area contributed by atoms with Crippen molar-refractivity contribution in [3.8, 4) is 23.0 Å². The third kappa shape index (κ3) is 36.0. The summed E-state index contributed by atoms with van der Waals surface area (Å²) in [6.07, 6.45) is 25.8. The summed E-state index contributed by atoms with van der Waals surface area (Å²) in [6, 6.07) is 67.4. The molecule has 8 aliphatic heterocycles. The van der Waals surface area contributed by atoms with E-state index in [1.165, 1.54) is 68.3 Å². The summed E-state index contributed by atoms with van der Waals surface area (Å²) in [5.74, 6) is 3.72. The van der Waals surface area contributed by atoms with Crippen LogP contribution in [0.15, 0.2) is 282 Å². The smallest absolute Gasteiger partial charge is 0.482 e. The van der Waals surface area contributed by atoms with Gasteiger partial charge in [-0.05, 0) is 210 Å². The minimum absolute atomic E-state index is 0. The lowest BCUT2D eigenvalue weighted by Gasteiger charge is -2.43. The number of aromatic nitrogens is 3. The van der Waals surface area contributed by atoms with Gasteiger partial charge >= 0.3 is 26.4 Å². The predicted octanol–water partition coefficient (Wildman–Crippen LogP) is 24.8. The van der Waals surface area contributed by atoms with E-state index in [4.69, 9.17) is 57.2 Å². The first kappa shape index (κ1) is 130. The largest absolute Gasteiger partial charge is 0.490 e. The highest BCUT2D eigenvalue weighted by molar-refractivity contribution is 7.95. The third-order valence-corrected chi connectivity index (χ3v) is 24.1. The van der Waals surface area contributed by atoms with E-state index in [2.05, 4.69) is 154 Å². The maximum Gasteiger partial charge on any atom is 0.490 e. The number of benzene rings is 7. The molecule has 6 N–H and O–H groups in total. The molecule has 8 aliphatic rings. The summed E-state index contributed by atoms with van der Waals surface area (Å²) in [7, 11) is 1.57. The van der Waals surface area contributed by atoms with E-state index in [-0.39, 0.29) is 120 Å². The molecule has 0 aliphatic carbocycles. The van der Waals surface area contributed by atoms with Crippen molar-refractivity contribution >= 4 is 95.8 Å². The van der Waals surface area contributed by atoms with E-state index in [0.29, 0.717) is 49.9 Å². The number of piperidine rings is 4. The number of carbonyl (C=O) groups is 2. The molecule has 4 fully saturated rings. The maximum absolute atomic E-state index is 12.5. The topological polar surface area (TPSA) is 295 Å². The van der Waals surface area contributed by atoms with E-state index < -0.39 is 36.6 Å². The molecule has 30 heteroatoms. The molecule has 3 aromatic heterocycles. The second kappa shape index (κ2) is 61.4. The zero-order chi connectivity index (χ0) is 90.2. The molecule has 0 bridgehead atoms. The van der Waals surface area contributed by atoms with E-state index in [9.17, 15) is 9.59 Å². The predicted molar refractivity (Wildman–Crippen MR) is 587 cm³/mol. The SMILES string of the molecule is C.C.C.C.C.C.C.C.C.C.C.C.C.C1=C(c2cccnc2)c2ccccc2OC12CCNCC2.CC(C)(C)OC(=O)N1CCC2(C=C(c3cccnc3)c3ccccc3O2)CC1.COOSc1ccc(B(O)O)cc1.COOSc1ccc(C2=CC3(CCN(C(=O)OC(C)(C)C)CC3)Oc3ccccc32)cc1.COOSc1ccc(C2=CC3(CCNCC3)Oc3ccccc32)cc1.OB(O)c1cccnc1. The molecule has 141 heavy (non-hydrogen) atoms. The number of ether oxygens (including phenoxy) is 6. The summed E-state index contributed by atoms with van der Waals surface area (Å²) < 4.78 is 51.4. The standard InChI is InChI=1S/C25H29NO5S.C23H26N2O3.C20H21NO3S.C18H18N2O.C7H9BO4S.C5H6BNO2.13CH4/c1-24(2,3)30-23(27)26-15-13-25(14-16-26)17-21(20-7-5-6-8-22(20)29-25)18-9-11-19(12-10-18)32-31-28-4;1-22(2,3)28-21(26)25-13-10-23(11-14-25)15-19(17-7-6-12-24-16-17)18-8-4-5-9-20(18)27-23;1-22-24-25-16-8-6-15(7-9-16)18-14-20(10-12-21-13-11-20)23-19-5-3-2-4-17(18)19;1-2-6-17-15(5-1)16(14-4-3-9-20-13-14)12-18(21-17)7-10-19-11-8-18;1-11-12-13-7-4-2-6(3-5-7)8(9)10;8-6(9)5-2-1-3-7-4-5;;;;;;;;;;;;;/h5-12,17H,13-16H2,1-4H3;4-9,12,15-16H,10-11,13-14H2,1-3H3;2-9,14,21H,10-13H2,1H3;1-6,9,12-13,19H,7-8,10-11H2;2-5,9-10H,1H3;1-4,8-9H;13*1H4. The molecule has 4 saturated heterocycles. The van der Waals surface area contributed by atoms with Crippen LogP contribution in [-0.4, -0.2) is 179 Å². The van der Waals surface area contributed by atoms with Crippen LogP contribution in [0.4, 0.5) is 9.59 Å². The van der Waals surface area contributed by atoms with Crippen LogP contribution < -0.4 is 40.5 Å². The summed E-state index contributed by atoms with van der Waals surface area (Å²) in [4.78, 5) is 57.2. The number of fused-ring (bicyclic) bond motifs is 4. The van der Waals surface area contributed by atoms with Crippen molar-refractivity contribution in [2.45, 2.75) is 238 Å². The fourth-order valence-corrected chi connectivity index (χ4v) is 16.9. The lowest BCUT2D eigenvalue weighted by molar-refractivity contribution is -0.160. The number of hydrogen-bond donors (Lipinski definition) is 6. The van der Waals surface area contributed by atoms with Crippen LogP contribution in [0.2, 0.25) is 0 Å². The Labute approximate surface area is 858 Å². The summed E-state index contributed by atoms with van der Waals surface area (Å²) in [6.45, 7) is 17.7. The maximum atomic E-state index is 12.5. The summed E-state index contributed by atoms with van der Waals surface area (Å²) >= 11 is 3.44. The number of para-hydroxylation sites is 4. The molecule has 2 amide bonds.